The first-order chi connectivity index (χ1) is 9.72. The van der Waals surface area contributed by atoms with Gasteiger partial charge in [-0.3, -0.25) is 4.84 Å². The van der Waals surface area contributed by atoms with Gasteiger partial charge in [0.15, 0.2) is 8.32 Å². The molecule has 0 amide bonds. The van der Waals surface area contributed by atoms with Gasteiger partial charge in [-0.05, 0) is 24.6 Å². The van der Waals surface area contributed by atoms with E-state index < -0.39 is 8.32 Å². The van der Waals surface area contributed by atoms with Crippen LogP contribution in [-0.2, 0) is 9.26 Å². The molecule has 0 saturated heterocycles. The lowest BCUT2D eigenvalue weighted by atomic mass is 10.0. The fourth-order valence-corrected chi connectivity index (χ4v) is 6.02. The molecule has 4 nitrogen and oxygen atoms in total. The Bertz CT molecular complexity index is 351. The van der Waals surface area contributed by atoms with Gasteiger partial charge in [-0.2, -0.15) is 5.48 Å². The lowest BCUT2D eigenvalue weighted by molar-refractivity contribution is 0.0441. The molecule has 0 fully saturated rings. The van der Waals surface area contributed by atoms with E-state index in [0.717, 1.165) is 13.2 Å². The molecule has 1 heterocycles. The zero-order valence-corrected chi connectivity index (χ0v) is 15.2. The molecule has 2 N–H and O–H groups in total. The van der Waals surface area contributed by atoms with Crippen molar-refractivity contribution in [2.45, 2.75) is 52.0 Å². The van der Waals surface area contributed by atoms with Crippen LogP contribution in [0.25, 0.3) is 0 Å². The van der Waals surface area contributed by atoms with Crippen LogP contribution in [0.1, 0.15) is 20.8 Å². The zero-order chi connectivity index (χ0) is 15.9. The van der Waals surface area contributed by atoms with E-state index in [9.17, 15) is 0 Å². The Hall–Kier alpha value is -0.463. The molecule has 0 bridgehead atoms. The van der Waals surface area contributed by atoms with Gasteiger partial charge in [-0.25, -0.2) is 0 Å². The average Bonchev–Trinajstić information content (AvgIpc) is 2.35. The molecule has 0 aromatic rings. The Kier molecular flexibility index (Phi) is 7.30. The van der Waals surface area contributed by atoms with Crippen molar-refractivity contribution < 1.29 is 9.26 Å². The summed E-state index contributed by atoms with van der Waals surface area (Å²) in [6.07, 6.45) is 6.04. The molecule has 5 heteroatoms. The third-order valence-corrected chi connectivity index (χ3v) is 6.08. The standard InChI is InChI=1S/C16H32N2O2Si/c1-7-10-19-18-14-8-9-15(17-11-14)12-20-21(5,6)13-16(2,3)4/h7-9,14-15,17-18H,1,10-13H2,2-6H3/t14-,15+/m1/s1. The SMILES string of the molecule is C=CCON[C@@H]1C=C[C@@H](CO[Si](C)(C)CC(C)(C)C)NC1. The van der Waals surface area contributed by atoms with Gasteiger partial charge in [0.05, 0.1) is 19.3 Å². The molecule has 0 unspecified atom stereocenters. The second kappa shape index (κ2) is 8.24. The van der Waals surface area contributed by atoms with Gasteiger partial charge in [0, 0.05) is 12.6 Å². The third kappa shape index (κ3) is 8.53. The quantitative estimate of drug-likeness (QED) is 0.313. The molecule has 122 valence electrons. The number of hydrogen-bond donors (Lipinski definition) is 2. The zero-order valence-electron chi connectivity index (χ0n) is 14.2. The molecule has 0 saturated carbocycles. The molecule has 1 aliphatic heterocycles. The molecular weight excluding hydrogens is 280 g/mol. The van der Waals surface area contributed by atoms with Crippen molar-refractivity contribution in [3.05, 3.63) is 24.8 Å². The monoisotopic (exact) mass is 312 g/mol. The van der Waals surface area contributed by atoms with E-state index >= 15 is 0 Å². The first kappa shape index (κ1) is 18.6. The van der Waals surface area contributed by atoms with Crippen molar-refractivity contribution in [2.75, 3.05) is 19.8 Å². The van der Waals surface area contributed by atoms with Crippen molar-refractivity contribution in [1.29, 1.82) is 0 Å². The van der Waals surface area contributed by atoms with Crippen molar-refractivity contribution in [2.24, 2.45) is 5.41 Å². The Balaban J connectivity index is 2.31. The van der Waals surface area contributed by atoms with Gasteiger partial charge in [0.2, 0.25) is 0 Å². The fraction of sp³-hybridized carbons (Fsp3) is 0.750. The highest BCUT2D eigenvalue weighted by Crippen LogP contribution is 2.28. The van der Waals surface area contributed by atoms with E-state index in [2.05, 4.69) is 63.4 Å². The summed E-state index contributed by atoms with van der Waals surface area (Å²) >= 11 is 0. The van der Waals surface area contributed by atoms with Crippen LogP contribution in [0.15, 0.2) is 24.8 Å². The van der Waals surface area contributed by atoms with E-state index in [1.165, 1.54) is 6.04 Å². The lowest BCUT2D eigenvalue weighted by Crippen LogP contribution is -2.48. The van der Waals surface area contributed by atoms with Crippen molar-refractivity contribution >= 4 is 8.32 Å². The molecule has 0 aromatic heterocycles. The van der Waals surface area contributed by atoms with Crippen molar-refractivity contribution in [3.63, 3.8) is 0 Å². The number of nitrogens with one attached hydrogen (secondary N) is 2. The summed E-state index contributed by atoms with van der Waals surface area (Å²) in [6, 6.07) is 1.69. The minimum absolute atomic E-state index is 0.209. The number of rotatable bonds is 8. The van der Waals surface area contributed by atoms with Crippen LogP contribution in [0.5, 0.6) is 0 Å². The molecule has 1 rings (SSSR count). The summed E-state index contributed by atoms with van der Waals surface area (Å²) in [6.45, 7) is 17.2. The molecule has 0 radical (unpaired) electrons. The lowest BCUT2D eigenvalue weighted by Gasteiger charge is -2.33. The van der Waals surface area contributed by atoms with E-state index in [0.29, 0.717) is 18.1 Å². The van der Waals surface area contributed by atoms with Gasteiger partial charge >= 0.3 is 0 Å². The Morgan fingerprint density at radius 2 is 2.10 bits per heavy atom. The first-order valence-electron chi connectivity index (χ1n) is 7.76. The first-order valence-corrected chi connectivity index (χ1v) is 10.9. The highest BCUT2D eigenvalue weighted by Gasteiger charge is 2.30. The van der Waals surface area contributed by atoms with Crippen molar-refractivity contribution in [3.8, 4) is 0 Å². The minimum atomic E-state index is -1.59. The predicted molar refractivity (Wildman–Crippen MR) is 91.7 cm³/mol. The third-order valence-electron chi connectivity index (χ3n) is 3.22. The summed E-state index contributed by atoms with van der Waals surface area (Å²) in [7, 11) is -1.59. The molecule has 21 heavy (non-hydrogen) atoms. The van der Waals surface area contributed by atoms with Crippen LogP contribution in [0.4, 0.5) is 0 Å². The van der Waals surface area contributed by atoms with Crippen LogP contribution in [0.2, 0.25) is 19.1 Å². The maximum Gasteiger partial charge on any atom is 0.187 e. The maximum absolute atomic E-state index is 6.24. The highest BCUT2D eigenvalue weighted by molar-refractivity contribution is 6.71. The minimum Gasteiger partial charge on any atom is -0.415 e. The van der Waals surface area contributed by atoms with Crippen LogP contribution in [-0.4, -0.2) is 40.2 Å². The largest absolute Gasteiger partial charge is 0.415 e. The predicted octanol–water partition coefficient (Wildman–Crippen LogP) is 2.86. The highest BCUT2D eigenvalue weighted by atomic mass is 28.4. The topological polar surface area (TPSA) is 42.5 Å². The van der Waals surface area contributed by atoms with Gasteiger partial charge < -0.3 is 9.74 Å². The maximum atomic E-state index is 6.24. The van der Waals surface area contributed by atoms with Crippen LogP contribution < -0.4 is 10.8 Å². The Morgan fingerprint density at radius 3 is 2.62 bits per heavy atom. The van der Waals surface area contributed by atoms with E-state index in [-0.39, 0.29) is 6.04 Å². The molecule has 0 aromatic carbocycles. The average molecular weight is 313 g/mol. The molecule has 1 aliphatic rings. The second-order valence-corrected chi connectivity index (χ2v) is 11.7. The molecule has 2 atom stereocenters. The van der Waals surface area contributed by atoms with Gasteiger partial charge in [0.25, 0.3) is 0 Å². The Morgan fingerprint density at radius 1 is 1.38 bits per heavy atom. The summed E-state index contributed by atoms with van der Waals surface area (Å²) in [5.41, 5.74) is 3.33. The van der Waals surface area contributed by atoms with Gasteiger partial charge in [0.1, 0.15) is 0 Å². The summed E-state index contributed by atoms with van der Waals surface area (Å²) in [5, 5.41) is 3.47. The fourth-order valence-electron chi connectivity index (χ4n) is 2.74. The smallest absolute Gasteiger partial charge is 0.187 e. The Labute approximate surface area is 131 Å². The van der Waals surface area contributed by atoms with Crippen LogP contribution in [0.3, 0.4) is 0 Å². The van der Waals surface area contributed by atoms with Crippen LogP contribution >= 0.6 is 0 Å². The summed E-state index contributed by atoms with van der Waals surface area (Å²) < 4.78 is 6.24. The normalized spacial score (nSPS) is 23.3. The van der Waals surface area contributed by atoms with Crippen LogP contribution in [0, 0.1) is 5.41 Å². The van der Waals surface area contributed by atoms with Crippen molar-refractivity contribution in [1.82, 2.24) is 10.8 Å². The van der Waals surface area contributed by atoms with Gasteiger partial charge in [-0.15, -0.1) is 6.58 Å². The molecular formula is C16H32N2O2Si. The van der Waals surface area contributed by atoms with E-state index in [4.69, 9.17) is 9.26 Å². The van der Waals surface area contributed by atoms with E-state index in [1.54, 1.807) is 6.08 Å². The second-order valence-electron chi connectivity index (χ2n) is 7.53. The summed E-state index contributed by atoms with van der Waals surface area (Å²) in [5.74, 6) is 0. The molecule has 0 aliphatic carbocycles. The van der Waals surface area contributed by atoms with E-state index in [1.807, 2.05) is 0 Å². The summed E-state index contributed by atoms with van der Waals surface area (Å²) in [4.78, 5) is 5.24. The van der Waals surface area contributed by atoms with Gasteiger partial charge in [-0.1, -0.05) is 39.0 Å². The number of hydrogen-bond acceptors (Lipinski definition) is 4. The molecule has 0 spiro atoms. The number of hydroxylamine groups is 1.